The Bertz CT molecular complexity index is 1420. The highest BCUT2D eigenvalue weighted by Crippen LogP contribution is 2.48. The number of thiazole rings is 1. The van der Waals surface area contributed by atoms with E-state index in [0.29, 0.717) is 40.7 Å². The summed E-state index contributed by atoms with van der Waals surface area (Å²) in [6, 6.07) is 5.81. The number of carbonyl (C=O) groups is 1. The monoisotopic (exact) mass is 513 g/mol. The summed E-state index contributed by atoms with van der Waals surface area (Å²) >= 11 is 1.23. The SMILES string of the molecule is Cn1ncc(-c2nc(C(F)F)c(C3CC3)s2)c1C(=O)NC1CCn2nc(-c3ccc(F)cc3)nc2C1. The van der Waals surface area contributed by atoms with E-state index in [1.54, 1.807) is 23.9 Å². The zero-order chi connectivity index (χ0) is 25.0. The van der Waals surface area contributed by atoms with Crippen molar-refractivity contribution in [1.29, 1.82) is 0 Å². The number of hydrogen-bond donors (Lipinski definition) is 1. The lowest BCUT2D eigenvalue weighted by Gasteiger charge is -2.23. The van der Waals surface area contributed by atoms with E-state index in [-0.39, 0.29) is 35.1 Å². The first-order chi connectivity index (χ1) is 17.4. The second kappa shape index (κ2) is 8.84. The molecule has 1 aromatic carbocycles. The van der Waals surface area contributed by atoms with Crippen LogP contribution in [0.4, 0.5) is 13.2 Å². The normalized spacial score (nSPS) is 17.4. The molecule has 6 rings (SSSR count). The van der Waals surface area contributed by atoms with Crippen molar-refractivity contribution in [2.45, 2.75) is 50.6 Å². The minimum atomic E-state index is -2.65. The third-order valence-electron chi connectivity index (χ3n) is 6.52. The van der Waals surface area contributed by atoms with Crippen molar-refractivity contribution in [3.05, 3.63) is 58.4 Å². The number of carbonyl (C=O) groups excluding carboxylic acids is 1. The van der Waals surface area contributed by atoms with Crippen LogP contribution in [0.1, 0.15) is 58.5 Å². The molecule has 1 unspecified atom stereocenters. The van der Waals surface area contributed by atoms with Crippen LogP contribution in [-0.4, -0.2) is 41.5 Å². The van der Waals surface area contributed by atoms with Gasteiger partial charge in [0.15, 0.2) is 5.82 Å². The van der Waals surface area contributed by atoms with Gasteiger partial charge in [-0.25, -0.2) is 27.8 Å². The summed E-state index contributed by atoms with van der Waals surface area (Å²) in [5.74, 6) is 0.701. The molecule has 1 fully saturated rings. The third-order valence-corrected chi connectivity index (χ3v) is 7.79. The van der Waals surface area contributed by atoms with E-state index in [9.17, 15) is 18.0 Å². The molecule has 186 valence electrons. The molecule has 0 spiro atoms. The van der Waals surface area contributed by atoms with Crippen molar-refractivity contribution >= 4 is 17.2 Å². The van der Waals surface area contributed by atoms with Crippen molar-refractivity contribution in [3.63, 3.8) is 0 Å². The molecule has 12 heteroatoms. The second-order valence-corrected chi connectivity index (χ2v) is 10.1. The predicted octanol–water partition coefficient (Wildman–Crippen LogP) is 4.50. The highest BCUT2D eigenvalue weighted by atomic mass is 32.1. The molecule has 0 bridgehead atoms. The fourth-order valence-electron chi connectivity index (χ4n) is 4.52. The zero-order valence-corrected chi connectivity index (χ0v) is 20.1. The molecule has 0 radical (unpaired) electrons. The number of fused-ring (bicyclic) bond motifs is 1. The van der Waals surface area contributed by atoms with Gasteiger partial charge in [-0.15, -0.1) is 11.3 Å². The highest BCUT2D eigenvalue weighted by molar-refractivity contribution is 7.15. The number of benzene rings is 1. The summed E-state index contributed by atoms with van der Waals surface area (Å²) in [5.41, 5.74) is 1.27. The molecule has 1 aliphatic heterocycles. The summed E-state index contributed by atoms with van der Waals surface area (Å²) in [6.07, 6.45) is 1.75. The van der Waals surface area contributed by atoms with Gasteiger partial charge in [0.2, 0.25) is 0 Å². The van der Waals surface area contributed by atoms with E-state index < -0.39 is 6.43 Å². The number of nitrogens with one attached hydrogen (secondary N) is 1. The number of alkyl halides is 2. The molecule has 4 aromatic rings. The second-order valence-electron chi connectivity index (χ2n) is 9.12. The number of rotatable bonds is 6. The third kappa shape index (κ3) is 4.19. The van der Waals surface area contributed by atoms with E-state index in [1.165, 1.54) is 34.3 Å². The van der Waals surface area contributed by atoms with Gasteiger partial charge < -0.3 is 5.32 Å². The Morgan fingerprint density at radius 3 is 2.67 bits per heavy atom. The molecular formula is C24H22F3N7OS. The molecule has 2 aliphatic rings. The Morgan fingerprint density at radius 2 is 1.94 bits per heavy atom. The number of hydrogen-bond acceptors (Lipinski definition) is 6. The van der Waals surface area contributed by atoms with Crippen LogP contribution in [0, 0.1) is 5.82 Å². The Morgan fingerprint density at radius 1 is 1.17 bits per heavy atom. The smallest absolute Gasteiger partial charge is 0.281 e. The van der Waals surface area contributed by atoms with Gasteiger partial charge >= 0.3 is 0 Å². The lowest BCUT2D eigenvalue weighted by atomic mass is 10.1. The van der Waals surface area contributed by atoms with Crippen molar-refractivity contribution in [2.75, 3.05) is 0 Å². The Hall–Kier alpha value is -3.54. The maximum absolute atomic E-state index is 13.6. The van der Waals surface area contributed by atoms with Crippen LogP contribution >= 0.6 is 11.3 Å². The molecule has 8 nitrogen and oxygen atoms in total. The van der Waals surface area contributed by atoms with Crippen molar-refractivity contribution < 1.29 is 18.0 Å². The lowest BCUT2D eigenvalue weighted by Crippen LogP contribution is -2.41. The zero-order valence-electron chi connectivity index (χ0n) is 19.3. The Kier molecular flexibility index (Phi) is 5.62. The first-order valence-corrected chi connectivity index (χ1v) is 12.5. The van der Waals surface area contributed by atoms with Gasteiger partial charge in [0, 0.05) is 36.5 Å². The maximum atomic E-state index is 13.6. The largest absolute Gasteiger partial charge is 0.347 e. The number of halogens is 3. The van der Waals surface area contributed by atoms with Gasteiger partial charge in [-0.05, 0) is 49.4 Å². The summed E-state index contributed by atoms with van der Waals surface area (Å²) in [4.78, 5) is 22.7. The number of aromatic nitrogens is 6. The standard InChI is InChI=1S/C24H22F3N7OS/c1-33-19(16(11-28-33)24-31-18(21(26)27)20(36-24)12-2-3-12)23(35)29-15-8-9-34-17(10-15)30-22(32-34)13-4-6-14(25)7-5-13/h4-7,11-12,15,21H,2-3,8-10H2,1H3,(H,29,35). The van der Waals surface area contributed by atoms with Crippen LogP contribution in [0.2, 0.25) is 0 Å². The van der Waals surface area contributed by atoms with E-state index in [4.69, 9.17) is 0 Å². The molecule has 1 amide bonds. The fraction of sp³-hybridized carbons (Fsp3) is 0.375. The fourth-order valence-corrected chi connectivity index (χ4v) is 5.77. The lowest BCUT2D eigenvalue weighted by molar-refractivity contribution is 0.0921. The van der Waals surface area contributed by atoms with Gasteiger partial charge in [-0.3, -0.25) is 9.48 Å². The number of aryl methyl sites for hydroxylation is 2. The summed E-state index contributed by atoms with van der Waals surface area (Å²) in [7, 11) is 1.65. The minimum absolute atomic E-state index is 0.133. The van der Waals surface area contributed by atoms with Crippen LogP contribution < -0.4 is 5.32 Å². The Balaban J connectivity index is 1.21. The minimum Gasteiger partial charge on any atom is -0.347 e. The van der Waals surface area contributed by atoms with E-state index in [2.05, 4.69) is 25.5 Å². The van der Waals surface area contributed by atoms with E-state index >= 15 is 0 Å². The molecule has 3 aromatic heterocycles. The molecule has 1 saturated carbocycles. The van der Waals surface area contributed by atoms with Crippen LogP contribution in [0.15, 0.2) is 30.5 Å². The predicted molar refractivity (Wildman–Crippen MR) is 126 cm³/mol. The number of amides is 1. The topological polar surface area (TPSA) is 90.5 Å². The molecule has 4 heterocycles. The van der Waals surface area contributed by atoms with Gasteiger partial charge in [0.1, 0.15) is 28.0 Å². The van der Waals surface area contributed by atoms with Crippen LogP contribution in [0.25, 0.3) is 22.0 Å². The van der Waals surface area contributed by atoms with Gasteiger partial charge in [0.25, 0.3) is 12.3 Å². The van der Waals surface area contributed by atoms with Crippen LogP contribution in [0.3, 0.4) is 0 Å². The average Bonchev–Trinajstić information content (AvgIpc) is 3.27. The summed E-state index contributed by atoms with van der Waals surface area (Å²) < 4.78 is 43.7. The number of nitrogens with zero attached hydrogens (tertiary/aromatic N) is 6. The van der Waals surface area contributed by atoms with Gasteiger partial charge in [-0.2, -0.15) is 10.2 Å². The summed E-state index contributed by atoms with van der Waals surface area (Å²) in [5, 5.41) is 12.2. The van der Waals surface area contributed by atoms with E-state index in [1.807, 2.05) is 0 Å². The quantitative estimate of drug-likeness (QED) is 0.410. The molecule has 1 atom stereocenters. The van der Waals surface area contributed by atoms with Gasteiger partial charge in [-0.1, -0.05) is 0 Å². The van der Waals surface area contributed by atoms with Crippen molar-refractivity contribution in [1.82, 2.24) is 34.8 Å². The first-order valence-electron chi connectivity index (χ1n) is 11.7. The van der Waals surface area contributed by atoms with Crippen LogP contribution in [-0.2, 0) is 20.0 Å². The molecule has 1 aliphatic carbocycles. The average molecular weight is 514 g/mol. The first kappa shape index (κ1) is 22.9. The van der Waals surface area contributed by atoms with Gasteiger partial charge in [0.05, 0.1) is 11.8 Å². The van der Waals surface area contributed by atoms with E-state index in [0.717, 1.165) is 24.2 Å². The molecule has 0 saturated heterocycles. The van der Waals surface area contributed by atoms with Crippen LogP contribution in [0.5, 0.6) is 0 Å². The molecule has 1 N–H and O–H groups in total. The molecule has 36 heavy (non-hydrogen) atoms. The Labute approximate surface area is 208 Å². The van der Waals surface area contributed by atoms with Crippen molar-refractivity contribution in [2.24, 2.45) is 7.05 Å². The van der Waals surface area contributed by atoms with Crippen molar-refractivity contribution in [3.8, 4) is 22.0 Å². The maximum Gasteiger partial charge on any atom is 0.281 e. The summed E-state index contributed by atoms with van der Waals surface area (Å²) in [6.45, 7) is 0.571. The highest BCUT2D eigenvalue weighted by Gasteiger charge is 2.34. The molecular weight excluding hydrogens is 491 g/mol.